The molecule has 0 aromatic carbocycles. The molecular formula is C30H45N7O12S. The van der Waals surface area contributed by atoms with Crippen LogP contribution < -0.4 is 0 Å². The highest BCUT2D eigenvalue weighted by Crippen LogP contribution is 2.35. The van der Waals surface area contributed by atoms with Gasteiger partial charge in [-0.15, -0.1) is 21.5 Å². The maximum atomic E-state index is 12.6. The summed E-state index contributed by atoms with van der Waals surface area (Å²) in [6, 6.07) is 0. The van der Waals surface area contributed by atoms with E-state index in [4.69, 9.17) is 23.7 Å². The van der Waals surface area contributed by atoms with Crippen LogP contribution in [-0.4, -0.2) is 161 Å². The first-order chi connectivity index (χ1) is 24.2. The lowest BCUT2D eigenvalue weighted by molar-refractivity contribution is -0.228. The average molecular weight is 728 g/mol. The van der Waals surface area contributed by atoms with Crippen molar-refractivity contribution in [3.05, 3.63) is 39.9 Å². The maximum Gasteiger partial charge on any atom is 0.200 e. The number of hydrogen-bond donors (Lipinski definition) is 6. The number of ether oxygens (including phenoxy) is 5. The molecule has 3 aromatic heterocycles. The summed E-state index contributed by atoms with van der Waals surface area (Å²) < 4.78 is 31.0. The van der Waals surface area contributed by atoms with Crippen LogP contribution in [0.2, 0.25) is 0 Å². The molecule has 1 aliphatic heterocycles. The zero-order chi connectivity index (χ0) is 35.5. The molecule has 8 atom stereocenters. The van der Waals surface area contributed by atoms with Gasteiger partial charge in [0.25, 0.3) is 0 Å². The molecule has 50 heavy (non-hydrogen) atoms. The predicted molar refractivity (Wildman–Crippen MR) is 170 cm³/mol. The zero-order valence-corrected chi connectivity index (χ0v) is 28.2. The second kappa shape index (κ2) is 19.1. The van der Waals surface area contributed by atoms with Gasteiger partial charge in [-0.3, -0.25) is 9.48 Å². The summed E-state index contributed by atoms with van der Waals surface area (Å²) in [5.74, 6) is -0.204. The lowest BCUT2D eigenvalue weighted by atomic mass is 9.71. The minimum atomic E-state index is -1.47. The van der Waals surface area contributed by atoms with Crippen LogP contribution in [0.3, 0.4) is 0 Å². The molecule has 2 fully saturated rings. The molecule has 0 radical (unpaired) electrons. The highest BCUT2D eigenvalue weighted by atomic mass is 32.1. The van der Waals surface area contributed by atoms with Gasteiger partial charge in [0.05, 0.1) is 93.9 Å². The third-order valence-electron chi connectivity index (χ3n) is 8.59. The number of ketones is 1. The normalized spacial score (nSPS) is 26.7. The van der Waals surface area contributed by atoms with Crippen molar-refractivity contribution in [2.24, 2.45) is 11.8 Å². The Hall–Kier alpha value is -2.86. The first-order valence-electron chi connectivity index (χ1n) is 16.4. The lowest BCUT2D eigenvalue weighted by Gasteiger charge is -2.40. The number of thiazole rings is 1. The van der Waals surface area contributed by atoms with E-state index >= 15 is 0 Å². The van der Waals surface area contributed by atoms with Gasteiger partial charge in [0.2, 0.25) is 0 Å². The quantitative estimate of drug-likeness (QED) is 0.0456. The molecule has 4 heterocycles. The Morgan fingerprint density at radius 3 is 2.22 bits per heavy atom. The predicted octanol–water partition coefficient (Wildman–Crippen LogP) is -2.65. The van der Waals surface area contributed by atoms with Crippen molar-refractivity contribution in [2.75, 3.05) is 52.9 Å². The van der Waals surface area contributed by atoms with Gasteiger partial charge in [0, 0.05) is 31.7 Å². The minimum absolute atomic E-state index is 0.0116. The lowest BCUT2D eigenvalue weighted by Crippen LogP contribution is -2.58. The smallest absolute Gasteiger partial charge is 0.200 e. The van der Waals surface area contributed by atoms with Gasteiger partial charge in [-0.05, 0) is 12.3 Å². The summed E-state index contributed by atoms with van der Waals surface area (Å²) in [6.45, 7) is 2.65. The molecule has 19 nitrogen and oxygen atoms in total. The third-order valence-corrected chi connectivity index (χ3v) is 9.65. The Morgan fingerprint density at radius 1 is 0.840 bits per heavy atom. The van der Waals surface area contributed by atoms with E-state index in [-0.39, 0.29) is 43.9 Å². The number of aliphatic hydroxyl groups is 6. The molecule has 0 spiro atoms. The molecule has 0 amide bonds. The highest BCUT2D eigenvalue weighted by molar-refractivity contribution is 7.13. The molecule has 3 aromatic rings. The molecular weight excluding hydrogens is 682 g/mol. The molecule has 1 saturated carbocycles. The van der Waals surface area contributed by atoms with Crippen molar-refractivity contribution < 1.29 is 59.1 Å². The fourth-order valence-corrected chi connectivity index (χ4v) is 6.51. The van der Waals surface area contributed by atoms with Crippen LogP contribution in [0.4, 0.5) is 0 Å². The number of nitrogens with zero attached hydrogens (tertiary/aromatic N) is 7. The first kappa shape index (κ1) is 38.4. The Balaban J connectivity index is 0.873. The highest BCUT2D eigenvalue weighted by Gasteiger charge is 2.43. The number of rotatable bonds is 22. The molecule has 1 aliphatic carbocycles. The Morgan fingerprint density at radius 2 is 1.50 bits per heavy atom. The summed E-state index contributed by atoms with van der Waals surface area (Å²) in [5.41, 5.74) is 1.22. The van der Waals surface area contributed by atoms with Crippen LogP contribution in [0.15, 0.2) is 18.6 Å². The van der Waals surface area contributed by atoms with Crippen LogP contribution in [0.1, 0.15) is 32.5 Å². The molecule has 20 heteroatoms. The standard InChI is InChI=1S/C30H45N7O12S/c38-13-18-7-22(40)21(18)12-37-11-20(33-35-37)15-47-6-5-46-4-3-45-2-1-36-10-19(32-34-36)16-48-17-23(41)26-9-31-27(50-26)8-24-28(42)30(44)29(43)25(14-39)49-24/h9-11,18,21-22,24-25,28-30,38-40,42-44H,1-8,12-17H2. The van der Waals surface area contributed by atoms with Crippen molar-refractivity contribution in [1.82, 2.24) is 35.0 Å². The number of carbonyl (C=O) groups is 1. The van der Waals surface area contributed by atoms with E-state index in [2.05, 4.69) is 25.6 Å². The van der Waals surface area contributed by atoms with Gasteiger partial charge in [-0.1, -0.05) is 10.4 Å². The number of carbonyl (C=O) groups excluding carboxylic acids is 1. The SMILES string of the molecule is O=C(COCc1cn(CCOCCOCCOCc2cn(CC3C(O)CC3CO)nn2)nn1)c1cnc(CC2OC(CO)C(O)C(O)C2O)s1. The molecule has 278 valence electrons. The van der Waals surface area contributed by atoms with Crippen molar-refractivity contribution >= 4 is 17.1 Å². The van der Waals surface area contributed by atoms with E-state index in [0.717, 1.165) is 11.3 Å². The van der Waals surface area contributed by atoms with Crippen LogP contribution in [0, 0.1) is 11.8 Å². The Bertz CT molecular complexity index is 1460. The topological polar surface area (TPSA) is 259 Å². The van der Waals surface area contributed by atoms with E-state index in [0.29, 0.717) is 80.4 Å². The molecule has 5 rings (SSSR count). The van der Waals surface area contributed by atoms with Gasteiger partial charge in [-0.25, -0.2) is 9.67 Å². The van der Waals surface area contributed by atoms with Crippen molar-refractivity contribution in [3.8, 4) is 0 Å². The fraction of sp³-hybridized carbons (Fsp3) is 0.733. The number of hydrogen-bond acceptors (Lipinski definition) is 18. The number of aliphatic hydroxyl groups excluding tert-OH is 6. The van der Waals surface area contributed by atoms with E-state index in [1.807, 2.05) is 0 Å². The molecule has 8 unspecified atom stereocenters. The zero-order valence-electron chi connectivity index (χ0n) is 27.4. The third kappa shape index (κ3) is 10.6. The maximum absolute atomic E-state index is 12.6. The van der Waals surface area contributed by atoms with Crippen molar-refractivity contribution in [3.63, 3.8) is 0 Å². The van der Waals surface area contributed by atoms with Crippen LogP contribution in [0.5, 0.6) is 0 Å². The Labute approximate surface area is 291 Å². The summed E-state index contributed by atoms with van der Waals surface area (Å²) in [5, 5.41) is 75.4. The van der Waals surface area contributed by atoms with Crippen molar-refractivity contribution in [1.29, 1.82) is 0 Å². The number of Topliss-reactive ketones (excluding diaryl/α,β-unsaturated/α-hetero) is 1. The van der Waals surface area contributed by atoms with Gasteiger partial charge in [-0.2, -0.15) is 0 Å². The molecule has 2 aliphatic rings. The van der Waals surface area contributed by atoms with Crippen LogP contribution in [-0.2, 0) is 56.4 Å². The molecule has 6 N–H and O–H groups in total. The minimum Gasteiger partial charge on any atom is -0.396 e. The average Bonchev–Trinajstić information content (AvgIpc) is 3.89. The summed E-state index contributed by atoms with van der Waals surface area (Å²) in [6.07, 6.45) is -1.02. The van der Waals surface area contributed by atoms with Gasteiger partial charge >= 0.3 is 0 Å². The van der Waals surface area contributed by atoms with Crippen molar-refractivity contribution in [2.45, 2.75) is 75.8 Å². The number of aromatic nitrogens is 7. The fourth-order valence-electron chi connectivity index (χ4n) is 5.63. The second-order valence-electron chi connectivity index (χ2n) is 12.2. The monoisotopic (exact) mass is 727 g/mol. The first-order valence-corrected chi connectivity index (χ1v) is 17.2. The largest absolute Gasteiger partial charge is 0.396 e. The van der Waals surface area contributed by atoms with Crippen LogP contribution >= 0.6 is 11.3 Å². The summed E-state index contributed by atoms with van der Waals surface area (Å²) >= 11 is 1.10. The summed E-state index contributed by atoms with van der Waals surface area (Å²) in [4.78, 5) is 17.1. The van der Waals surface area contributed by atoms with E-state index in [1.165, 1.54) is 6.20 Å². The van der Waals surface area contributed by atoms with E-state index in [1.54, 1.807) is 21.8 Å². The van der Waals surface area contributed by atoms with Gasteiger partial charge < -0.3 is 54.3 Å². The molecule has 1 saturated heterocycles. The van der Waals surface area contributed by atoms with E-state index in [9.17, 15) is 35.4 Å². The van der Waals surface area contributed by atoms with Crippen LogP contribution in [0.25, 0.3) is 0 Å². The van der Waals surface area contributed by atoms with Gasteiger partial charge in [0.15, 0.2) is 5.78 Å². The second-order valence-corrected chi connectivity index (χ2v) is 13.3. The van der Waals surface area contributed by atoms with E-state index < -0.39 is 43.2 Å². The van der Waals surface area contributed by atoms with Gasteiger partial charge in [0.1, 0.15) is 42.4 Å². The Kier molecular flexibility index (Phi) is 14.7. The molecule has 0 bridgehead atoms. The summed E-state index contributed by atoms with van der Waals surface area (Å²) in [7, 11) is 0.